The van der Waals surface area contributed by atoms with Crippen LogP contribution in [0.4, 0.5) is 10.1 Å². The van der Waals surface area contributed by atoms with Crippen LogP contribution in [-0.2, 0) is 21.2 Å². The Hall–Kier alpha value is -2.81. The summed E-state index contributed by atoms with van der Waals surface area (Å²) in [5.41, 5.74) is 0.542. The third kappa shape index (κ3) is 4.88. The number of carboxylic acids is 1. The molecule has 0 saturated heterocycles. The van der Waals surface area contributed by atoms with Crippen molar-refractivity contribution < 1.29 is 32.2 Å². The number of halogens is 1. The van der Waals surface area contributed by atoms with E-state index in [-0.39, 0.29) is 12.1 Å². The van der Waals surface area contributed by atoms with E-state index in [0.717, 1.165) is 22.7 Å². The van der Waals surface area contributed by atoms with Gasteiger partial charge in [0.05, 0.1) is 26.2 Å². The molecule has 2 aromatic rings. The van der Waals surface area contributed by atoms with Crippen molar-refractivity contribution in [2.45, 2.75) is 12.5 Å². The number of hydrogen-bond acceptors (Lipinski definition) is 5. The summed E-state index contributed by atoms with van der Waals surface area (Å²) in [6.45, 7) is 0. The molecule has 2 aromatic carbocycles. The summed E-state index contributed by atoms with van der Waals surface area (Å²) in [5, 5.41) is 9.70. The van der Waals surface area contributed by atoms with Crippen molar-refractivity contribution in [1.29, 1.82) is 0 Å². The number of methoxy groups -OCH3 is 2. The lowest BCUT2D eigenvalue weighted by Crippen LogP contribution is -2.46. The van der Waals surface area contributed by atoms with Crippen molar-refractivity contribution in [3.63, 3.8) is 0 Å². The first kappa shape index (κ1) is 20.5. The SMILES string of the molecule is COc1ccc(C[C@@H](C(=O)O)N(c2ccc(F)cc2)S(C)(=O)=O)c(OC)c1. The summed E-state index contributed by atoms with van der Waals surface area (Å²) in [6.07, 6.45) is 0.741. The summed E-state index contributed by atoms with van der Waals surface area (Å²) in [7, 11) is -1.06. The third-order valence-electron chi connectivity index (χ3n) is 3.91. The fraction of sp³-hybridized carbons (Fsp3) is 0.278. The molecule has 0 radical (unpaired) electrons. The van der Waals surface area contributed by atoms with E-state index < -0.39 is 27.9 Å². The van der Waals surface area contributed by atoms with Gasteiger partial charge in [0, 0.05) is 12.5 Å². The normalized spacial score (nSPS) is 12.3. The van der Waals surface area contributed by atoms with Gasteiger partial charge in [-0.3, -0.25) is 4.31 Å². The molecule has 146 valence electrons. The van der Waals surface area contributed by atoms with E-state index >= 15 is 0 Å². The number of carbonyl (C=O) groups is 1. The van der Waals surface area contributed by atoms with Crippen molar-refractivity contribution in [1.82, 2.24) is 0 Å². The highest BCUT2D eigenvalue weighted by Gasteiger charge is 2.33. The second-order valence-corrected chi connectivity index (χ2v) is 7.63. The van der Waals surface area contributed by atoms with Crippen molar-refractivity contribution in [2.75, 3.05) is 24.8 Å². The van der Waals surface area contributed by atoms with Gasteiger partial charge >= 0.3 is 5.97 Å². The maximum Gasteiger partial charge on any atom is 0.327 e. The van der Waals surface area contributed by atoms with Crippen molar-refractivity contribution in [3.05, 3.63) is 53.8 Å². The highest BCUT2D eigenvalue weighted by atomic mass is 32.2. The van der Waals surface area contributed by atoms with Gasteiger partial charge in [0.2, 0.25) is 10.0 Å². The van der Waals surface area contributed by atoms with Crippen molar-refractivity contribution >= 4 is 21.7 Å². The predicted octanol–water partition coefficient (Wildman–Crippen LogP) is 2.30. The minimum absolute atomic E-state index is 0.0544. The molecule has 0 unspecified atom stereocenters. The Morgan fingerprint density at radius 2 is 1.78 bits per heavy atom. The molecule has 2 rings (SSSR count). The second kappa shape index (κ2) is 8.26. The van der Waals surface area contributed by atoms with Crippen LogP contribution in [0.3, 0.4) is 0 Å². The molecule has 0 aromatic heterocycles. The summed E-state index contributed by atoms with van der Waals surface area (Å²) in [6, 6.07) is 7.94. The van der Waals surface area contributed by atoms with Crippen LogP contribution in [0.2, 0.25) is 0 Å². The molecule has 0 bridgehead atoms. The number of hydrogen-bond donors (Lipinski definition) is 1. The molecule has 9 heteroatoms. The zero-order valence-electron chi connectivity index (χ0n) is 15.0. The average Bonchev–Trinajstić information content (AvgIpc) is 2.61. The van der Waals surface area contributed by atoms with E-state index in [1.165, 1.54) is 26.4 Å². The lowest BCUT2D eigenvalue weighted by molar-refractivity contribution is -0.138. The molecule has 0 aliphatic rings. The highest BCUT2D eigenvalue weighted by Crippen LogP contribution is 2.29. The molecule has 27 heavy (non-hydrogen) atoms. The van der Waals surface area contributed by atoms with Crippen LogP contribution in [0.25, 0.3) is 0 Å². The average molecular weight is 397 g/mol. The Kier molecular flexibility index (Phi) is 6.27. The van der Waals surface area contributed by atoms with Crippen molar-refractivity contribution in [2.24, 2.45) is 0 Å². The van der Waals surface area contributed by atoms with E-state index in [9.17, 15) is 22.7 Å². The Balaban J connectivity index is 2.50. The number of rotatable bonds is 8. The maximum atomic E-state index is 13.2. The fourth-order valence-corrected chi connectivity index (χ4v) is 3.82. The summed E-state index contributed by atoms with van der Waals surface area (Å²) in [4.78, 5) is 11.9. The summed E-state index contributed by atoms with van der Waals surface area (Å²) < 4.78 is 49.0. The van der Waals surface area contributed by atoms with Crippen LogP contribution in [0.15, 0.2) is 42.5 Å². The first-order chi connectivity index (χ1) is 12.7. The Morgan fingerprint density at radius 1 is 1.15 bits per heavy atom. The van der Waals surface area contributed by atoms with Gasteiger partial charge in [-0.2, -0.15) is 0 Å². The van der Waals surface area contributed by atoms with E-state index in [4.69, 9.17) is 9.47 Å². The number of ether oxygens (including phenoxy) is 2. The predicted molar refractivity (Wildman–Crippen MR) is 98.4 cm³/mol. The first-order valence-electron chi connectivity index (χ1n) is 7.86. The molecule has 0 saturated carbocycles. The molecular weight excluding hydrogens is 377 g/mol. The largest absolute Gasteiger partial charge is 0.497 e. The molecule has 7 nitrogen and oxygen atoms in total. The zero-order chi connectivity index (χ0) is 20.2. The highest BCUT2D eigenvalue weighted by molar-refractivity contribution is 7.92. The molecule has 0 aliphatic heterocycles. The Morgan fingerprint density at radius 3 is 2.26 bits per heavy atom. The summed E-state index contributed by atoms with van der Waals surface area (Å²) >= 11 is 0. The van der Waals surface area contributed by atoms with Gasteiger partial charge in [0.25, 0.3) is 0 Å². The zero-order valence-corrected chi connectivity index (χ0v) is 15.9. The number of anilines is 1. The van der Waals surface area contributed by atoms with Crippen LogP contribution in [0.1, 0.15) is 5.56 Å². The standard InChI is InChI=1S/C18H20FNO6S/c1-25-15-9-4-12(17(11-15)26-2)10-16(18(21)22)20(27(3,23)24)14-7-5-13(19)6-8-14/h4-9,11,16H,10H2,1-3H3,(H,21,22)/t16-/m0/s1. The lowest BCUT2D eigenvalue weighted by Gasteiger charge is -2.29. The first-order valence-corrected chi connectivity index (χ1v) is 9.71. The fourth-order valence-electron chi connectivity index (χ4n) is 2.69. The second-order valence-electron chi connectivity index (χ2n) is 5.77. The molecule has 0 aliphatic carbocycles. The number of benzene rings is 2. The molecule has 0 spiro atoms. The van der Waals surface area contributed by atoms with Crippen LogP contribution in [0.5, 0.6) is 11.5 Å². The van der Waals surface area contributed by atoms with Crippen LogP contribution < -0.4 is 13.8 Å². The quantitative estimate of drug-likeness (QED) is 0.735. The van der Waals surface area contributed by atoms with Crippen LogP contribution in [0, 0.1) is 5.82 Å². The lowest BCUT2D eigenvalue weighted by atomic mass is 10.0. The van der Waals surface area contributed by atoms with Gasteiger partial charge in [-0.25, -0.2) is 17.6 Å². The minimum atomic E-state index is -3.96. The van der Waals surface area contributed by atoms with Gasteiger partial charge in [-0.1, -0.05) is 6.07 Å². The van der Waals surface area contributed by atoms with Gasteiger partial charge in [0.1, 0.15) is 23.4 Å². The molecule has 0 heterocycles. The number of carboxylic acid groups (broad SMARTS) is 1. The topological polar surface area (TPSA) is 93.1 Å². The maximum absolute atomic E-state index is 13.2. The van der Waals surface area contributed by atoms with Crippen molar-refractivity contribution in [3.8, 4) is 11.5 Å². The molecule has 0 amide bonds. The number of aliphatic carboxylic acids is 1. The van der Waals surface area contributed by atoms with Gasteiger partial charge < -0.3 is 14.6 Å². The van der Waals surface area contributed by atoms with E-state index in [0.29, 0.717) is 17.1 Å². The Labute approximate surface area is 157 Å². The van der Waals surface area contributed by atoms with Gasteiger partial charge in [-0.05, 0) is 35.9 Å². The van der Waals surface area contributed by atoms with E-state index in [2.05, 4.69) is 0 Å². The van der Waals surface area contributed by atoms with Crippen LogP contribution >= 0.6 is 0 Å². The monoisotopic (exact) mass is 397 g/mol. The van der Waals surface area contributed by atoms with Gasteiger partial charge in [-0.15, -0.1) is 0 Å². The Bertz CT molecular complexity index is 914. The molecule has 0 fully saturated rings. The molecular formula is C18H20FNO6S. The smallest absolute Gasteiger partial charge is 0.327 e. The summed E-state index contributed by atoms with van der Waals surface area (Å²) in [5.74, 6) is -1.02. The number of nitrogens with zero attached hydrogens (tertiary/aromatic N) is 1. The minimum Gasteiger partial charge on any atom is -0.497 e. The number of sulfonamides is 1. The van der Waals surface area contributed by atoms with E-state index in [1.807, 2.05) is 0 Å². The molecule has 1 N–H and O–H groups in total. The third-order valence-corrected chi connectivity index (χ3v) is 5.09. The van der Waals surface area contributed by atoms with Gasteiger partial charge in [0.15, 0.2) is 0 Å². The van der Waals surface area contributed by atoms with Crippen LogP contribution in [-0.4, -0.2) is 46.0 Å². The van der Waals surface area contributed by atoms with E-state index in [1.54, 1.807) is 18.2 Å². The molecule has 1 atom stereocenters.